The third-order valence-corrected chi connectivity index (χ3v) is 5.46. The Balaban J connectivity index is 1.71. The zero-order valence-corrected chi connectivity index (χ0v) is 14.7. The molecule has 0 radical (unpaired) electrons. The summed E-state index contributed by atoms with van der Waals surface area (Å²) in [5.74, 6) is 1.75. The van der Waals surface area contributed by atoms with Crippen LogP contribution in [0.5, 0.6) is 5.75 Å². The minimum absolute atomic E-state index is 0.0343. The number of amides is 1. The normalized spacial score (nSPS) is 16.5. The van der Waals surface area contributed by atoms with Gasteiger partial charge in [0.15, 0.2) is 6.10 Å². The highest BCUT2D eigenvalue weighted by Crippen LogP contribution is 2.28. The standard InChI is InChI=1S/C18H27NO2S/c1-13-8-9-14(2)17(12-13)21-15(3)18(20)19-10-11-22-16-6-4-5-7-16/h8-9,12,15-16H,4-7,10-11H2,1-3H3,(H,19,20)/t15-/m0/s1. The van der Waals surface area contributed by atoms with Crippen LogP contribution in [0.3, 0.4) is 0 Å². The van der Waals surface area contributed by atoms with Crippen molar-refractivity contribution in [3.8, 4) is 5.75 Å². The monoisotopic (exact) mass is 321 g/mol. The van der Waals surface area contributed by atoms with E-state index >= 15 is 0 Å². The molecule has 0 heterocycles. The Labute approximate surface area is 138 Å². The molecule has 0 aromatic heterocycles. The van der Waals surface area contributed by atoms with Crippen molar-refractivity contribution in [3.05, 3.63) is 29.3 Å². The van der Waals surface area contributed by atoms with Gasteiger partial charge in [0.05, 0.1) is 0 Å². The van der Waals surface area contributed by atoms with E-state index in [9.17, 15) is 4.79 Å². The molecule has 3 nitrogen and oxygen atoms in total. The van der Waals surface area contributed by atoms with Gasteiger partial charge in [0.25, 0.3) is 5.91 Å². The first-order valence-corrected chi connectivity index (χ1v) is 9.24. The molecule has 0 bridgehead atoms. The Kier molecular flexibility index (Phi) is 6.62. The number of hydrogen-bond donors (Lipinski definition) is 1. The van der Waals surface area contributed by atoms with Gasteiger partial charge in [-0.25, -0.2) is 0 Å². The van der Waals surface area contributed by atoms with E-state index in [0.717, 1.165) is 34.4 Å². The molecular weight excluding hydrogens is 294 g/mol. The first kappa shape index (κ1) is 17.2. The van der Waals surface area contributed by atoms with Crippen LogP contribution in [0, 0.1) is 13.8 Å². The molecule has 1 atom stereocenters. The van der Waals surface area contributed by atoms with Gasteiger partial charge in [0.1, 0.15) is 5.75 Å². The molecule has 22 heavy (non-hydrogen) atoms. The fourth-order valence-electron chi connectivity index (χ4n) is 2.68. The van der Waals surface area contributed by atoms with Gasteiger partial charge < -0.3 is 10.1 Å². The largest absolute Gasteiger partial charge is 0.481 e. The lowest BCUT2D eigenvalue weighted by Gasteiger charge is -2.17. The van der Waals surface area contributed by atoms with Crippen LogP contribution in [-0.4, -0.2) is 29.6 Å². The fourth-order valence-corrected chi connectivity index (χ4v) is 3.90. The van der Waals surface area contributed by atoms with E-state index in [1.165, 1.54) is 25.7 Å². The molecule has 1 aromatic rings. The number of carbonyl (C=O) groups is 1. The zero-order valence-electron chi connectivity index (χ0n) is 13.9. The van der Waals surface area contributed by atoms with Crippen LogP contribution in [0.2, 0.25) is 0 Å². The Morgan fingerprint density at radius 2 is 2.09 bits per heavy atom. The van der Waals surface area contributed by atoms with Crippen molar-refractivity contribution in [2.75, 3.05) is 12.3 Å². The molecule has 1 saturated carbocycles. The summed E-state index contributed by atoms with van der Waals surface area (Å²) in [6, 6.07) is 6.05. The molecule has 4 heteroatoms. The summed E-state index contributed by atoms with van der Waals surface area (Å²) in [4.78, 5) is 12.1. The van der Waals surface area contributed by atoms with Crippen molar-refractivity contribution >= 4 is 17.7 Å². The van der Waals surface area contributed by atoms with Crippen molar-refractivity contribution in [3.63, 3.8) is 0 Å². The van der Waals surface area contributed by atoms with Gasteiger partial charge in [-0.05, 0) is 50.8 Å². The predicted molar refractivity (Wildman–Crippen MR) is 93.7 cm³/mol. The van der Waals surface area contributed by atoms with Gasteiger partial charge >= 0.3 is 0 Å². The molecule has 1 aliphatic rings. The number of thioether (sulfide) groups is 1. The quantitative estimate of drug-likeness (QED) is 0.775. The van der Waals surface area contributed by atoms with E-state index in [4.69, 9.17) is 4.74 Å². The summed E-state index contributed by atoms with van der Waals surface area (Å²) in [5, 5.41) is 3.78. The molecule has 2 rings (SSSR count). The second kappa shape index (κ2) is 8.47. The van der Waals surface area contributed by atoms with E-state index in [2.05, 4.69) is 5.32 Å². The van der Waals surface area contributed by atoms with Gasteiger partial charge in [-0.3, -0.25) is 4.79 Å². The molecule has 0 aliphatic heterocycles. The molecule has 0 unspecified atom stereocenters. The lowest BCUT2D eigenvalue weighted by molar-refractivity contribution is -0.127. The first-order valence-electron chi connectivity index (χ1n) is 8.19. The average molecular weight is 321 g/mol. The Morgan fingerprint density at radius 1 is 1.36 bits per heavy atom. The van der Waals surface area contributed by atoms with Crippen LogP contribution in [0.25, 0.3) is 0 Å². The minimum Gasteiger partial charge on any atom is -0.481 e. The van der Waals surface area contributed by atoms with E-state index in [1.54, 1.807) is 6.92 Å². The fraction of sp³-hybridized carbons (Fsp3) is 0.611. The number of nitrogens with one attached hydrogen (secondary N) is 1. The third kappa shape index (κ3) is 5.24. The summed E-state index contributed by atoms with van der Waals surface area (Å²) in [7, 11) is 0. The Bertz CT molecular complexity index is 498. The summed E-state index contributed by atoms with van der Waals surface area (Å²) >= 11 is 1.99. The number of hydrogen-bond acceptors (Lipinski definition) is 3. The topological polar surface area (TPSA) is 38.3 Å². The average Bonchev–Trinajstić information content (AvgIpc) is 3.00. The number of rotatable bonds is 7. The van der Waals surface area contributed by atoms with Gasteiger partial charge in [-0.15, -0.1) is 0 Å². The summed E-state index contributed by atoms with van der Waals surface area (Å²) in [6.45, 7) is 6.55. The van der Waals surface area contributed by atoms with Crippen LogP contribution in [-0.2, 0) is 4.79 Å². The lowest BCUT2D eigenvalue weighted by Crippen LogP contribution is -2.37. The highest BCUT2D eigenvalue weighted by atomic mass is 32.2. The van der Waals surface area contributed by atoms with Crippen LogP contribution in [0.1, 0.15) is 43.7 Å². The summed E-state index contributed by atoms with van der Waals surface area (Å²) in [6.07, 6.45) is 4.95. The minimum atomic E-state index is -0.461. The van der Waals surface area contributed by atoms with Crippen molar-refractivity contribution in [2.45, 2.75) is 57.8 Å². The van der Waals surface area contributed by atoms with E-state index in [1.807, 2.05) is 43.8 Å². The molecule has 1 N–H and O–H groups in total. The highest BCUT2D eigenvalue weighted by Gasteiger charge is 2.17. The van der Waals surface area contributed by atoms with Crippen LogP contribution in [0.4, 0.5) is 0 Å². The Morgan fingerprint density at radius 3 is 2.82 bits per heavy atom. The van der Waals surface area contributed by atoms with E-state index < -0.39 is 6.10 Å². The van der Waals surface area contributed by atoms with Gasteiger partial charge in [-0.2, -0.15) is 11.8 Å². The maximum atomic E-state index is 12.1. The van der Waals surface area contributed by atoms with Gasteiger partial charge in [0, 0.05) is 17.5 Å². The second-order valence-electron chi connectivity index (χ2n) is 6.10. The lowest BCUT2D eigenvalue weighted by atomic mass is 10.1. The number of benzene rings is 1. The predicted octanol–water partition coefficient (Wildman–Crippen LogP) is 3.86. The number of ether oxygens (including phenoxy) is 1. The van der Waals surface area contributed by atoms with Crippen LogP contribution in [0.15, 0.2) is 18.2 Å². The smallest absolute Gasteiger partial charge is 0.260 e. The van der Waals surface area contributed by atoms with Gasteiger partial charge in [0.2, 0.25) is 0 Å². The third-order valence-electron chi connectivity index (χ3n) is 4.07. The van der Waals surface area contributed by atoms with Gasteiger partial charge in [-0.1, -0.05) is 25.0 Å². The molecule has 0 spiro atoms. The number of aryl methyl sites for hydroxylation is 2. The Hall–Kier alpha value is -1.16. The van der Waals surface area contributed by atoms with Crippen molar-refractivity contribution in [1.29, 1.82) is 0 Å². The summed E-state index contributed by atoms with van der Waals surface area (Å²) < 4.78 is 5.80. The molecular formula is C18H27NO2S. The second-order valence-corrected chi connectivity index (χ2v) is 7.51. The maximum Gasteiger partial charge on any atom is 0.260 e. The molecule has 1 fully saturated rings. The van der Waals surface area contributed by atoms with Crippen LogP contribution >= 0.6 is 11.8 Å². The molecule has 1 aliphatic carbocycles. The van der Waals surface area contributed by atoms with Crippen molar-refractivity contribution in [1.82, 2.24) is 5.32 Å². The maximum absolute atomic E-state index is 12.1. The molecule has 122 valence electrons. The van der Waals surface area contributed by atoms with Crippen molar-refractivity contribution in [2.24, 2.45) is 0 Å². The van der Waals surface area contributed by atoms with Crippen molar-refractivity contribution < 1.29 is 9.53 Å². The zero-order chi connectivity index (χ0) is 15.9. The van der Waals surface area contributed by atoms with E-state index in [-0.39, 0.29) is 5.91 Å². The van der Waals surface area contributed by atoms with Crippen LogP contribution < -0.4 is 10.1 Å². The first-order chi connectivity index (χ1) is 10.6. The SMILES string of the molecule is Cc1ccc(C)c(O[C@@H](C)C(=O)NCCSC2CCCC2)c1. The molecule has 1 aromatic carbocycles. The number of carbonyl (C=O) groups excluding carboxylic acids is 1. The summed E-state index contributed by atoms with van der Waals surface area (Å²) in [5.41, 5.74) is 2.20. The van der Waals surface area contributed by atoms with E-state index in [0.29, 0.717) is 0 Å². The molecule has 0 saturated heterocycles. The molecule has 1 amide bonds. The highest BCUT2D eigenvalue weighted by molar-refractivity contribution is 7.99.